The van der Waals surface area contributed by atoms with Gasteiger partial charge in [-0.2, -0.15) is 0 Å². The number of nitrogens with one attached hydrogen (secondary N) is 2. The zero-order valence-corrected chi connectivity index (χ0v) is 13.6. The van der Waals surface area contributed by atoms with E-state index < -0.39 is 0 Å². The first-order valence-electron chi connectivity index (χ1n) is 7.72. The molecular weight excluding hydrogens is 288 g/mol. The van der Waals surface area contributed by atoms with Gasteiger partial charge in [0, 0.05) is 18.7 Å². The lowest BCUT2D eigenvalue weighted by Crippen LogP contribution is -2.35. The monoisotopic (exact) mass is 310 g/mol. The van der Waals surface area contributed by atoms with Crippen LogP contribution in [-0.4, -0.2) is 24.9 Å². The lowest BCUT2D eigenvalue weighted by molar-refractivity contribution is -0.120. The van der Waals surface area contributed by atoms with Crippen LogP contribution in [0.25, 0.3) is 0 Å². The third-order valence-corrected chi connectivity index (χ3v) is 3.46. The number of aryl methyl sites for hydroxylation is 2. The molecule has 0 saturated carbocycles. The number of hydrogen-bond acceptors (Lipinski definition) is 2. The Morgan fingerprint density at radius 2 is 1.52 bits per heavy atom. The summed E-state index contributed by atoms with van der Waals surface area (Å²) < 4.78 is 0. The Labute approximate surface area is 136 Å². The first-order chi connectivity index (χ1) is 11.0. The van der Waals surface area contributed by atoms with E-state index in [4.69, 9.17) is 0 Å². The van der Waals surface area contributed by atoms with Gasteiger partial charge in [-0.15, -0.1) is 0 Å². The maximum Gasteiger partial charge on any atom is 0.251 e. The normalized spacial score (nSPS) is 10.2. The Kier molecular flexibility index (Phi) is 5.92. The summed E-state index contributed by atoms with van der Waals surface area (Å²) in [6.45, 7) is 4.78. The van der Waals surface area contributed by atoms with Crippen molar-refractivity contribution in [2.45, 2.75) is 20.3 Å². The minimum Gasteiger partial charge on any atom is -0.354 e. The fourth-order valence-electron chi connectivity index (χ4n) is 2.34. The molecule has 2 rings (SSSR count). The molecule has 0 saturated heterocycles. The highest BCUT2D eigenvalue weighted by Crippen LogP contribution is 2.04. The van der Waals surface area contributed by atoms with Crippen LogP contribution >= 0.6 is 0 Å². The molecule has 0 heterocycles. The number of hydrogen-bond donors (Lipinski definition) is 2. The van der Waals surface area contributed by atoms with E-state index in [1.807, 2.05) is 56.3 Å². The largest absolute Gasteiger partial charge is 0.354 e. The summed E-state index contributed by atoms with van der Waals surface area (Å²) in [5, 5.41) is 5.62. The van der Waals surface area contributed by atoms with Crippen molar-refractivity contribution in [3.8, 4) is 0 Å². The van der Waals surface area contributed by atoms with Gasteiger partial charge in [-0.05, 0) is 31.5 Å². The molecule has 0 aliphatic carbocycles. The molecule has 0 aliphatic rings. The smallest absolute Gasteiger partial charge is 0.251 e. The molecule has 2 amide bonds. The molecule has 0 aromatic heterocycles. The van der Waals surface area contributed by atoms with Crippen LogP contribution in [0.3, 0.4) is 0 Å². The van der Waals surface area contributed by atoms with E-state index in [9.17, 15) is 9.59 Å². The lowest BCUT2D eigenvalue weighted by atomic mass is 10.1. The molecule has 0 bridgehead atoms. The molecule has 2 aromatic rings. The van der Waals surface area contributed by atoms with Gasteiger partial charge in [-0.1, -0.05) is 47.5 Å². The molecule has 4 heteroatoms. The highest BCUT2D eigenvalue weighted by Gasteiger charge is 2.06. The van der Waals surface area contributed by atoms with Crippen LogP contribution in [0.5, 0.6) is 0 Å². The zero-order valence-electron chi connectivity index (χ0n) is 13.6. The molecular formula is C19H22N2O2. The van der Waals surface area contributed by atoms with Crippen LogP contribution in [0.1, 0.15) is 27.0 Å². The second-order valence-corrected chi connectivity index (χ2v) is 5.64. The van der Waals surface area contributed by atoms with E-state index in [2.05, 4.69) is 10.6 Å². The average Bonchev–Trinajstić information content (AvgIpc) is 2.51. The number of rotatable bonds is 6. The SMILES string of the molecule is Cc1cccc(CC(=O)NCCNC(=O)c2cccc(C)c2)c1. The quantitative estimate of drug-likeness (QED) is 0.805. The molecule has 0 radical (unpaired) electrons. The highest BCUT2D eigenvalue weighted by molar-refractivity contribution is 5.94. The molecule has 2 N–H and O–H groups in total. The van der Waals surface area contributed by atoms with Crippen LogP contribution in [0, 0.1) is 13.8 Å². The second-order valence-electron chi connectivity index (χ2n) is 5.64. The van der Waals surface area contributed by atoms with Crippen molar-refractivity contribution in [2.24, 2.45) is 0 Å². The third kappa shape index (κ3) is 5.58. The molecule has 0 fully saturated rings. The number of amides is 2. The predicted octanol–water partition coefficient (Wildman–Crippen LogP) is 2.39. The van der Waals surface area contributed by atoms with E-state index >= 15 is 0 Å². The van der Waals surface area contributed by atoms with E-state index in [0.717, 1.165) is 16.7 Å². The second kappa shape index (κ2) is 8.13. The van der Waals surface area contributed by atoms with Crippen LogP contribution in [0.4, 0.5) is 0 Å². The molecule has 0 unspecified atom stereocenters. The predicted molar refractivity (Wildman–Crippen MR) is 91.4 cm³/mol. The summed E-state index contributed by atoms with van der Waals surface area (Å²) in [6.07, 6.45) is 0.355. The van der Waals surface area contributed by atoms with Crippen molar-refractivity contribution in [3.05, 3.63) is 70.8 Å². The van der Waals surface area contributed by atoms with Crippen molar-refractivity contribution >= 4 is 11.8 Å². The van der Waals surface area contributed by atoms with Gasteiger partial charge >= 0.3 is 0 Å². The maximum atomic E-state index is 11.9. The molecule has 120 valence electrons. The van der Waals surface area contributed by atoms with Gasteiger partial charge in [-0.25, -0.2) is 0 Å². The summed E-state index contributed by atoms with van der Waals surface area (Å²) in [5.74, 6) is -0.165. The van der Waals surface area contributed by atoms with Crippen molar-refractivity contribution in [1.29, 1.82) is 0 Å². The topological polar surface area (TPSA) is 58.2 Å². The summed E-state index contributed by atoms with van der Waals surface area (Å²) in [4.78, 5) is 23.8. The Morgan fingerprint density at radius 1 is 0.870 bits per heavy atom. The third-order valence-electron chi connectivity index (χ3n) is 3.46. The van der Waals surface area contributed by atoms with Gasteiger partial charge < -0.3 is 10.6 Å². The molecule has 23 heavy (non-hydrogen) atoms. The number of benzene rings is 2. The maximum absolute atomic E-state index is 11.9. The Bertz CT molecular complexity index is 695. The van der Waals surface area contributed by atoms with E-state index in [-0.39, 0.29) is 11.8 Å². The van der Waals surface area contributed by atoms with Gasteiger partial charge in [0.1, 0.15) is 0 Å². The van der Waals surface area contributed by atoms with Gasteiger partial charge in [-0.3, -0.25) is 9.59 Å². The highest BCUT2D eigenvalue weighted by atomic mass is 16.2. The van der Waals surface area contributed by atoms with E-state index in [0.29, 0.717) is 25.1 Å². The van der Waals surface area contributed by atoms with E-state index in [1.54, 1.807) is 6.07 Å². The molecule has 0 aliphatic heterocycles. The van der Waals surface area contributed by atoms with Gasteiger partial charge in [0.05, 0.1) is 6.42 Å². The van der Waals surface area contributed by atoms with Crippen LogP contribution in [0.2, 0.25) is 0 Å². The van der Waals surface area contributed by atoms with Crippen molar-refractivity contribution < 1.29 is 9.59 Å². The van der Waals surface area contributed by atoms with Gasteiger partial charge in [0.15, 0.2) is 0 Å². The summed E-state index contributed by atoms with van der Waals surface area (Å²) in [5.41, 5.74) is 3.81. The Balaban J connectivity index is 1.70. The van der Waals surface area contributed by atoms with E-state index in [1.165, 1.54) is 0 Å². The molecule has 2 aromatic carbocycles. The molecule has 4 nitrogen and oxygen atoms in total. The first-order valence-corrected chi connectivity index (χ1v) is 7.72. The van der Waals surface area contributed by atoms with Crippen LogP contribution in [-0.2, 0) is 11.2 Å². The Hall–Kier alpha value is -2.62. The number of carbonyl (C=O) groups is 2. The minimum atomic E-state index is -0.123. The fraction of sp³-hybridized carbons (Fsp3) is 0.263. The molecule has 0 spiro atoms. The summed E-state index contributed by atoms with van der Waals surface area (Å²) >= 11 is 0. The number of carbonyl (C=O) groups excluding carboxylic acids is 2. The fourth-order valence-corrected chi connectivity index (χ4v) is 2.34. The average molecular weight is 310 g/mol. The van der Waals surface area contributed by atoms with Gasteiger partial charge in [0.25, 0.3) is 5.91 Å². The summed E-state index contributed by atoms with van der Waals surface area (Å²) in [7, 11) is 0. The molecule has 0 atom stereocenters. The standard InChI is InChI=1S/C19H22N2O2/c1-14-5-3-7-16(11-14)13-18(22)20-9-10-21-19(23)17-8-4-6-15(2)12-17/h3-8,11-12H,9-10,13H2,1-2H3,(H,20,22)(H,21,23). The summed E-state index contributed by atoms with van der Waals surface area (Å²) in [6, 6.07) is 15.3. The van der Waals surface area contributed by atoms with Crippen LogP contribution in [0.15, 0.2) is 48.5 Å². The Morgan fingerprint density at radius 3 is 2.22 bits per heavy atom. The van der Waals surface area contributed by atoms with Crippen molar-refractivity contribution in [3.63, 3.8) is 0 Å². The van der Waals surface area contributed by atoms with Crippen molar-refractivity contribution in [2.75, 3.05) is 13.1 Å². The lowest BCUT2D eigenvalue weighted by Gasteiger charge is -2.08. The first kappa shape index (κ1) is 16.7. The zero-order chi connectivity index (χ0) is 16.7. The van der Waals surface area contributed by atoms with Crippen molar-refractivity contribution in [1.82, 2.24) is 10.6 Å². The minimum absolute atomic E-state index is 0.0413. The van der Waals surface area contributed by atoms with Gasteiger partial charge in [0.2, 0.25) is 5.91 Å². The van der Waals surface area contributed by atoms with Crippen LogP contribution < -0.4 is 10.6 Å².